The van der Waals surface area contributed by atoms with Crippen LogP contribution < -0.4 is 0 Å². The smallest absolute Gasteiger partial charge is 0.417 e. The van der Waals surface area contributed by atoms with Crippen molar-refractivity contribution in [1.82, 2.24) is 4.98 Å². The van der Waals surface area contributed by atoms with Gasteiger partial charge in [-0.15, -0.1) is 0 Å². The van der Waals surface area contributed by atoms with Crippen molar-refractivity contribution in [3.8, 4) is 17.0 Å². The average molecular weight is 303 g/mol. The summed E-state index contributed by atoms with van der Waals surface area (Å²) < 4.78 is 39.5. The van der Waals surface area contributed by atoms with Gasteiger partial charge < -0.3 is 5.11 Å². The van der Waals surface area contributed by atoms with E-state index >= 15 is 0 Å². The number of pyridine rings is 1. The summed E-state index contributed by atoms with van der Waals surface area (Å²) in [4.78, 5) is 4.23. The highest BCUT2D eigenvalue weighted by molar-refractivity contribution is 5.89. The fraction of sp³-hybridized carbons (Fsp3) is 0.118. The van der Waals surface area contributed by atoms with Crippen LogP contribution in [-0.2, 0) is 6.18 Å². The van der Waals surface area contributed by atoms with Gasteiger partial charge in [0.15, 0.2) is 0 Å². The summed E-state index contributed by atoms with van der Waals surface area (Å²) in [6, 6.07) is 12.1. The minimum absolute atomic E-state index is 0.0517. The standard InChI is InChI=1S/C17H12F3NO/c1-10-11-6-3-5-9-14(11)21-15(16(10)22)12-7-2-4-8-13(12)17(18,19)20/h2-9,22H,1H3. The van der Waals surface area contributed by atoms with E-state index < -0.39 is 11.7 Å². The summed E-state index contributed by atoms with van der Waals surface area (Å²) in [7, 11) is 0. The van der Waals surface area contributed by atoms with Gasteiger partial charge in [-0.2, -0.15) is 13.2 Å². The number of rotatable bonds is 1. The fourth-order valence-corrected chi connectivity index (χ4v) is 2.49. The normalized spacial score (nSPS) is 11.8. The van der Waals surface area contributed by atoms with Crippen molar-refractivity contribution in [2.24, 2.45) is 0 Å². The average Bonchev–Trinajstić information content (AvgIpc) is 2.50. The third kappa shape index (κ3) is 2.28. The van der Waals surface area contributed by atoms with Gasteiger partial charge in [-0.05, 0) is 19.1 Å². The first kappa shape index (κ1) is 14.4. The Morgan fingerprint density at radius 3 is 2.32 bits per heavy atom. The Bertz CT molecular complexity index is 856. The van der Waals surface area contributed by atoms with Gasteiger partial charge in [-0.3, -0.25) is 0 Å². The minimum atomic E-state index is -4.51. The van der Waals surface area contributed by atoms with E-state index in [0.717, 1.165) is 6.07 Å². The number of hydrogen-bond acceptors (Lipinski definition) is 2. The third-order valence-electron chi connectivity index (χ3n) is 3.61. The molecular formula is C17H12F3NO. The molecule has 0 aliphatic rings. The SMILES string of the molecule is Cc1c(O)c(-c2ccccc2C(F)(F)F)nc2ccccc12. The van der Waals surface area contributed by atoms with Crippen LogP contribution in [0.4, 0.5) is 13.2 Å². The highest BCUT2D eigenvalue weighted by Gasteiger charge is 2.34. The van der Waals surface area contributed by atoms with Crippen LogP contribution in [0.25, 0.3) is 22.2 Å². The van der Waals surface area contributed by atoms with E-state index in [-0.39, 0.29) is 17.0 Å². The lowest BCUT2D eigenvalue weighted by atomic mass is 9.99. The van der Waals surface area contributed by atoms with Crippen molar-refractivity contribution in [2.45, 2.75) is 13.1 Å². The van der Waals surface area contributed by atoms with Crippen molar-refractivity contribution in [3.63, 3.8) is 0 Å². The van der Waals surface area contributed by atoms with Gasteiger partial charge in [0.2, 0.25) is 0 Å². The van der Waals surface area contributed by atoms with E-state index in [4.69, 9.17) is 0 Å². The molecule has 1 N–H and O–H groups in total. The zero-order valence-corrected chi connectivity index (χ0v) is 11.6. The first-order valence-corrected chi connectivity index (χ1v) is 6.64. The molecule has 0 bridgehead atoms. The van der Waals surface area contributed by atoms with E-state index in [1.54, 1.807) is 31.2 Å². The molecule has 0 fully saturated rings. The molecule has 0 amide bonds. The van der Waals surface area contributed by atoms with Crippen molar-refractivity contribution in [1.29, 1.82) is 0 Å². The summed E-state index contributed by atoms with van der Waals surface area (Å²) in [6.45, 7) is 1.67. The molecule has 2 aromatic carbocycles. The Labute approximate surface area is 124 Å². The topological polar surface area (TPSA) is 33.1 Å². The molecule has 22 heavy (non-hydrogen) atoms. The Hall–Kier alpha value is -2.56. The van der Waals surface area contributed by atoms with Gasteiger partial charge in [0.25, 0.3) is 0 Å². The third-order valence-corrected chi connectivity index (χ3v) is 3.61. The largest absolute Gasteiger partial charge is 0.505 e. The fourth-order valence-electron chi connectivity index (χ4n) is 2.49. The Kier molecular flexibility index (Phi) is 3.28. The summed E-state index contributed by atoms with van der Waals surface area (Å²) in [5.41, 5.74) is 0.0697. The van der Waals surface area contributed by atoms with Crippen LogP contribution in [-0.4, -0.2) is 10.1 Å². The second-order valence-corrected chi connectivity index (χ2v) is 4.99. The highest BCUT2D eigenvalue weighted by atomic mass is 19.4. The maximum atomic E-state index is 13.2. The quantitative estimate of drug-likeness (QED) is 0.691. The van der Waals surface area contributed by atoms with Crippen molar-refractivity contribution in [3.05, 3.63) is 59.7 Å². The molecular weight excluding hydrogens is 291 g/mol. The predicted octanol–water partition coefficient (Wildman–Crippen LogP) is 4.93. The Morgan fingerprint density at radius 2 is 1.59 bits per heavy atom. The van der Waals surface area contributed by atoms with Gasteiger partial charge >= 0.3 is 6.18 Å². The highest BCUT2D eigenvalue weighted by Crippen LogP contribution is 2.41. The molecule has 112 valence electrons. The second-order valence-electron chi connectivity index (χ2n) is 4.99. The molecule has 0 aliphatic heterocycles. The van der Waals surface area contributed by atoms with Crippen molar-refractivity contribution < 1.29 is 18.3 Å². The number of fused-ring (bicyclic) bond motifs is 1. The van der Waals surface area contributed by atoms with E-state index in [9.17, 15) is 18.3 Å². The molecule has 0 radical (unpaired) electrons. The molecule has 2 nitrogen and oxygen atoms in total. The summed E-state index contributed by atoms with van der Waals surface area (Å²) in [5, 5.41) is 11.0. The Balaban J connectivity index is 2.35. The molecule has 0 spiro atoms. The maximum Gasteiger partial charge on any atom is 0.417 e. The van der Waals surface area contributed by atoms with Crippen LogP contribution in [0.2, 0.25) is 0 Å². The van der Waals surface area contributed by atoms with Crippen LogP contribution in [0, 0.1) is 6.92 Å². The van der Waals surface area contributed by atoms with Crippen LogP contribution in [0.5, 0.6) is 5.75 Å². The lowest BCUT2D eigenvalue weighted by Crippen LogP contribution is -2.07. The van der Waals surface area contributed by atoms with Crippen LogP contribution >= 0.6 is 0 Å². The summed E-state index contributed by atoms with van der Waals surface area (Å²) in [6.07, 6.45) is -4.51. The van der Waals surface area contributed by atoms with Crippen LogP contribution in [0.3, 0.4) is 0 Å². The number of alkyl halides is 3. The molecule has 3 aromatic rings. The van der Waals surface area contributed by atoms with Gasteiger partial charge in [-0.1, -0.05) is 36.4 Å². The maximum absolute atomic E-state index is 13.2. The minimum Gasteiger partial charge on any atom is -0.505 e. The number of aryl methyl sites for hydroxylation is 1. The molecule has 1 heterocycles. The predicted molar refractivity (Wildman–Crippen MR) is 78.6 cm³/mol. The van der Waals surface area contributed by atoms with Gasteiger partial charge in [0.1, 0.15) is 11.4 Å². The summed E-state index contributed by atoms with van der Waals surface area (Å²) >= 11 is 0. The number of hydrogen-bond donors (Lipinski definition) is 1. The van der Waals surface area contributed by atoms with E-state index in [1.807, 2.05) is 0 Å². The van der Waals surface area contributed by atoms with Gasteiger partial charge in [0.05, 0.1) is 11.1 Å². The monoisotopic (exact) mass is 303 g/mol. The van der Waals surface area contributed by atoms with E-state index in [2.05, 4.69) is 4.98 Å². The molecule has 0 saturated carbocycles. The second kappa shape index (κ2) is 5.02. The lowest BCUT2D eigenvalue weighted by Gasteiger charge is -2.15. The first-order valence-electron chi connectivity index (χ1n) is 6.64. The number of aromatic hydroxyl groups is 1. The Morgan fingerprint density at radius 1 is 0.955 bits per heavy atom. The van der Waals surface area contributed by atoms with E-state index in [0.29, 0.717) is 16.5 Å². The number of aromatic nitrogens is 1. The van der Waals surface area contributed by atoms with E-state index in [1.165, 1.54) is 18.2 Å². The first-order chi connectivity index (χ1) is 10.4. The molecule has 5 heteroatoms. The molecule has 0 aliphatic carbocycles. The van der Waals surface area contributed by atoms with Gasteiger partial charge in [-0.25, -0.2) is 4.98 Å². The number of benzene rings is 2. The van der Waals surface area contributed by atoms with Crippen LogP contribution in [0.15, 0.2) is 48.5 Å². The molecule has 1 aromatic heterocycles. The zero-order valence-electron chi connectivity index (χ0n) is 11.6. The van der Waals surface area contributed by atoms with Crippen molar-refractivity contribution >= 4 is 10.9 Å². The lowest BCUT2D eigenvalue weighted by molar-refractivity contribution is -0.137. The summed E-state index contributed by atoms with van der Waals surface area (Å²) in [5.74, 6) is -0.226. The molecule has 0 atom stereocenters. The molecule has 0 unspecified atom stereocenters. The van der Waals surface area contributed by atoms with Crippen molar-refractivity contribution in [2.75, 3.05) is 0 Å². The number of para-hydroxylation sites is 1. The zero-order chi connectivity index (χ0) is 15.9. The molecule has 3 rings (SSSR count). The van der Waals surface area contributed by atoms with Crippen LogP contribution in [0.1, 0.15) is 11.1 Å². The molecule has 0 saturated heterocycles. The van der Waals surface area contributed by atoms with Gasteiger partial charge in [0, 0.05) is 16.5 Å². The number of halogens is 3. The number of nitrogens with zero attached hydrogens (tertiary/aromatic N) is 1.